The average molecular weight is 251 g/mol. The number of nitrogens with two attached hydrogens (primary N) is 1. The number of hydrazine groups is 1. The molecule has 0 aromatic rings. The topological polar surface area (TPSA) is 75.4 Å². The molecule has 0 radical (unpaired) electrons. The number of rotatable bonds is 4. The highest BCUT2D eigenvalue weighted by molar-refractivity contribution is 7.92. The van der Waals surface area contributed by atoms with E-state index >= 15 is 0 Å². The van der Waals surface area contributed by atoms with E-state index in [2.05, 4.69) is 17.0 Å². The van der Waals surface area contributed by atoms with Gasteiger partial charge in [0.25, 0.3) is 0 Å². The van der Waals surface area contributed by atoms with Crippen LogP contribution in [0.5, 0.6) is 0 Å². The lowest BCUT2D eigenvalue weighted by Gasteiger charge is -2.27. The third-order valence-corrected chi connectivity index (χ3v) is 4.68. The summed E-state index contributed by atoms with van der Waals surface area (Å²) >= 11 is 4.67. The summed E-state index contributed by atoms with van der Waals surface area (Å²) < 4.78 is 23.4. The molecule has 0 bridgehead atoms. The maximum absolute atomic E-state index is 11.7. The Morgan fingerprint density at radius 1 is 1.40 bits per heavy atom. The van der Waals surface area contributed by atoms with Gasteiger partial charge < -0.3 is 5.73 Å². The molecule has 1 heterocycles. The highest BCUT2D eigenvalue weighted by Crippen LogP contribution is 2.08. The Bertz CT molecular complexity index is 323. The second-order valence-electron chi connectivity index (χ2n) is 3.73. The summed E-state index contributed by atoms with van der Waals surface area (Å²) in [5.41, 5.74) is 5.32. The van der Waals surface area contributed by atoms with Crippen LogP contribution in [0.2, 0.25) is 0 Å². The van der Waals surface area contributed by atoms with Crippen molar-refractivity contribution in [1.82, 2.24) is 9.84 Å². The molecule has 1 aliphatic rings. The molecule has 3 N–H and O–H groups in total. The molecular weight excluding hydrogens is 234 g/mol. The molecule has 1 atom stereocenters. The minimum atomic E-state index is -3.45. The number of thiocarbonyl (C=S) groups is 1. The van der Waals surface area contributed by atoms with Crippen LogP contribution < -0.4 is 10.6 Å². The summed E-state index contributed by atoms with van der Waals surface area (Å²) in [6.45, 7) is 3.00. The second kappa shape index (κ2) is 5.20. The van der Waals surface area contributed by atoms with Crippen LogP contribution >= 0.6 is 12.2 Å². The Kier molecular flexibility index (Phi) is 4.45. The zero-order valence-electron chi connectivity index (χ0n) is 8.77. The van der Waals surface area contributed by atoms with Gasteiger partial charge in [-0.15, -0.1) is 4.83 Å². The Morgan fingerprint density at radius 3 is 2.40 bits per heavy atom. The summed E-state index contributed by atoms with van der Waals surface area (Å²) in [5, 5.41) is 0.891. The first-order chi connectivity index (χ1) is 6.93. The third-order valence-electron chi connectivity index (χ3n) is 2.48. The van der Waals surface area contributed by atoms with Crippen molar-refractivity contribution < 1.29 is 8.42 Å². The van der Waals surface area contributed by atoms with E-state index in [1.807, 2.05) is 0 Å². The standard InChI is InChI=1S/C8H17N3O2S2/c1-7(8(9)14)15(12,13)10-11-5-3-2-4-6-11/h7,10H,2-6H2,1H3,(H2,9,14). The minimum absolute atomic E-state index is 0.000454. The highest BCUT2D eigenvalue weighted by atomic mass is 32.2. The van der Waals surface area contributed by atoms with Gasteiger partial charge in [-0.1, -0.05) is 18.6 Å². The van der Waals surface area contributed by atoms with Crippen LogP contribution in [0, 0.1) is 0 Å². The van der Waals surface area contributed by atoms with Crippen molar-refractivity contribution in [3.05, 3.63) is 0 Å². The van der Waals surface area contributed by atoms with Gasteiger partial charge in [0, 0.05) is 13.1 Å². The maximum atomic E-state index is 11.7. The lowest BCUT2D eigenvalue weighted by molar-refractivity contribution is 0.199. The molecule has 1 saturated heterocycles. The monoisotopic (exact) mass is 251 g/mol. The summed E-state index contributed by atoms with van der Waals surface area (Å²) in [7, 11) is -3.45. The summed E-state index contributed by atoms with van der Waals surface area (Å²) in [4.78, 5) is 2.51. The van der Waals surface area contributed by atoms with Crippen molar-refractivity contribution in [3.8, 4) is 0 Å². The molecule has 15 heavy (non-hydrogen) atoms. The third kappa shape index (κ3) is 3.67. The number of sulfonamides is 1. The summed E-state index contributed by atoms with van der Waals surface area (Å²) in [6.07, 6.45) is 3.19. The molecule has 0 spiro atoms. The molecule has 0 aliphatic carbocycles. The molecule has 1 aliphatic heterocycles. The first kappa shape index (κ1) is 12.8. The van der Waals surface area contributed by atoms with E-state index in [-0.39, 0.29) is 4.99 Å². The first-order valence-corrected chi connectivity index (χ1v) is 6.94. The number of nitrogens with one attached hydrogen (secondary N) is 1. The van der Waals surface area contributed by atoms with Gasteiger partial charge >= 0.3 is 0 Å². The quantitative estimate of drug-likeness (QED) is 0.687. The molecule has 0 saturated carbocycles. The van der Waals surface area contributed by atoms with Gasteiger partial charge in [0.05, 0.1) is 4.99 Å². The van der Waals surface area contributed by atoms with E-state index < -0.39 is 15.3 Å². The van der Waals surface area contributed by atoms with E-state index in [0.717, 1.165) is 32.4 Å². The minimum Gasteiger partial charge on any atom is -0.392 e. The van der Waals surface area contributed by atoms with Gasteiger partial charge in [-0.2, -0.15) is 0 Å². The van der Waals surface area contributed by atoms with Crippen LogP contribution in [0.25, 0.3) is 0 Å². The molecule has 1 unspecified atom stereocenters. The molecule has 1 fully saturated rings. The van der Waals surface area contributed by atoms with E-state index in [1.54, 1.807) is 5.01 Å². The number of nitrogens with zero attached hydrogens (tertiary/aromatic N) is 1. The van der Waals surface area contributed by atoms with Gasteiger partial charge in [0.15, 0.2) is 0 Å². The highest BCUT2D eigenvalue weighted by Gasteiger charge is 2.26. The molecule has 0 aromatic carbocycles. The predicted octanol–water partition coefficient (Wildman–Crippen LogP) is -0.0187. The Labute approximate surface area is 96.0 Å². The van der Waals surface area contributed by atoms with E-state index in [1.165, 1.54) is 6.92 Å². The molecular formula is C8H17N3O2S2. The summed E-state index contributed by atoms with van der Waals surface area (Å²) in [5.74, 6) is 0. The molecule has 1 rings (SSSR count). The number of hydrogen-bond acceptors (Lipinski definition) is 4. The van der Waals surface area contributed by atoms with Gasteiger partial charge in [-0.05, 0) is 19.8 Å². The molecule has 0 aromatic heterocycles. The number of piperidine rings is 1. The van der Waals surface area contributed by atoms with E-state index in [0.29, 0.717) is 0 Å². The fourth-order valence-electron chi connectivity index (χ4n) is 1.40. The largest absolute Gasteiger partial charge is 0.392 e. The van der Waals surface area contributed by atoms with Gasteiger partial charge in [-0.25, -0.2) is 13.4 Å². The van der Waals surface area contributed by atoms with Crippen molar-refractivity contribution in [2.24, 2.45) is 5.73 Å². The number of hydrogen-bond donors (Lipinski definition) is 2. The SMILES string of the molecule is CC(C(N)=S)S(=O)(=O)NN1CCCCC1. The second-order valence-corrected chi connectivity index (χ2v) is 6.18. The average Bonchev–Trinajstić information content (AvgIpc) is 2.17. The van der Waals surface area contributed by atoms with Crippen LogP contribution in [0.3, 0.4) is 0 Å². The van der Waals surface area contributed by atoms with Gasteiger partial charge in [0.2, 0.25) is 10.0 Å². The van der Waals surface area contributed by atoms with Gasteiger partial charge in [-0.3, -0.25) is 0 Å². The van der Waals surface area contributed by atoms with E-state index in [4.69, 9.17) is 5.73 Å². The Hall–Kier alpha value is -0.240. The predicted molar refractivity (Wildman–Crippen MR) is 63.7 cm³/mol. The van der Waals surface area contributed by atoms with Crippen LogP contribution in [-0.2, 0) is 10.0 Å². The molecule has 5 nitrogen and oxygen atoms in total. The van der Waals surface area contributed by atoms with Crippen molar-refractivity contribution in [2.75, 3.05) is 13.1 Å². The fourth-order valence-corrected chi connectivity index (χ4v) is 2.78. The van der Waals surface area contributed by atoms with Crippen molar-refractivity contribution in [2.45, 2.75) is 31.4 Å². The molecule has 7 heteroatoms. The van der Waals surface area contributed by atoms with Crippen molar-refractivity contribution >= 4 is 27.2 Å². The Morgan fingerprint density at radius 2 is 1.93 bits per heavy atom. The van der Waals surface area contributed by atoms with Crippen molar-refractivity contribution in [1.29, 1.82) is 0 Å². The van der Waals surface area contributed by atoms with Crippen LogP contribution in [-0.4, -0.2) is 36.8 Å². The fraction of sp³-hybridized carbons (Fsp3) is 0.875. The zero-order valence-corrected chi connectivity index (χ0v) is 10.4. The normalized spacial score (nSPS) is 21.1. The van der Waals surface area contributed by atoms with Crippen LogP contribution in [0.4, 0.5) is 0 Å². The first-order valence-electron chi connectivity index (χ1n) is 4.99. The lowest BCUT2D eigenvalue weighted by Crippen LogP contribution is -2.50. The maximum Gasteiger partial charge on any atom is 0.233 e. The summed E-state index contributed by atoms with van der Waals surface area (Å²) in [6, 6.07) is 0. The molecule has 0 amide bonds. The van der Waals surface area contributed by atoms with Crippen LogP contribution in [0.1, 0.15) is 26.2 Å². The van der Waals surface area contributed by atoms with Crippen LogP contribution in [0.15, 0.2) is 0 Å². The smallest absolute Gasteiger partial charge is 0.233 e. The van der Waals surface area contributed by atoms with Gasteiger partial charge in [0.1, 0.15) is 5.25 Å². The molecule has 88 valence electrons. The lowest BCUT2D eigenvalue weighted by atomic mass is 10.2. The van der Waals surface area contributed by atoms with E-state index in [9.17, 15) is 8.42 Å². The Balaban J connectivity index is 2.58. The van der Waals surface area contributed by atoms with Crippen molar-refractivity contribution in [3.63, 3.8) is 0 Å². The zero-order chi connectivity index (χ0) is 11.5.